The molecule has 0 amide bonds. The Hall–Kier alpha value is -2.61. The summed E-state index contributed by atoms with van der Waals surface area (Å²) < 4.78 is 39.0. The molecule has 33 heavy (non-hydrogen) atoms. The van der Waals surface area contributed by atoms with E-state index in [1.54, 1.807) is 25.4 Å². The van der Waals surface area contributed by atoms with Crippen molar-refractivity contribution < 1.29 is 28.5 Å². The molecule has 0 aliphatic heterocycles. The summed E-state index contributed by atoms with van der Waals surface area (Å²) in [5.74, 6) is -0.0828. The van der Waals surface area contributed by atoms with Gasteiger partial charge in [-0.05, 0) is 32.8 Å². The molecule has 9 nitrogen and oxygen atoms in total. The smallest absolute Gasteiger partial charge is 0.393 e. The zero-order valence-corrected chi connectivity index (χ0v) is 18.6. The lowest BCUT2D eigenvalue weighted by Crippen LogP contribution is -2.57. The molecular weight excluding hydrogens is 461 g/mol. The summed E-state index contributed by atoms with van der Waals surface area (Å²) in [6.07, 6.45) is -0.819. The van der Waals surface area contributed by atoms with E-state index in [0.717, 1.165) is 4.70 Å². The van der Waals surface area contributed by atoms with Crippen molar-refractivity contribution in [3.63, 3.8) is 0 Å². The number of hydrogen-bond donors (Lipinski definition) is 5. The van der Waals surface area contributed by atoms with Gasteiger partial charge in [0, 0.05) is 6.20 Å². The number of aliphatic hydroxyl groups is 3. The molecule has 0 radical (unpaired) electrons. The maximum Gasteiger partial charge on any atom is 0.405 e. The zero-order valence-electron chi connectivity index (χ0n) is 17.8. The lowest BCUT2D eigenvalue weighted by molar-refractivity contribution is -0.145. The minimum absolute atomic E-state index is 0.125. The Morgan fingerprint density at radius 1 is 1.24 bits per heavy atom. The predicted octanol–water partition coefficient (Wildman–Crippen LogP) is 2.48. The van der Waals surface area contributed by atoms with Crippen LogP contribution < -0.4 is 10.6 Å². The number of alkyl halides is 3. The van der Waals surface area contributed by atoms with Crippen molar-refractivity contribution in [3.8, 4) is 10.6 Å². The molecule has 3 unspecified atom stereocenters. The van der Waals surface area contributed by atoms with Crippen LogP contribution in [0.15, 0.2) is 18.5 Å². The van der Waals surface area contributed by atoms with Crippen molar-refractivity contribution in [3.05, 3.63) is 24.2 Å². The Morgan fingerprint density at radius 2 is 2.00 bits per heavy atom. The van der Waals surface area contributed by atoms with Crippen molar-refractivity contribution >= 4 is 33.3 Å². The fraction of sp³-hybridized carbons (Fsp3) is 0.500. The van der Waals surface area contributed by atoms with Crippen molar-refractivity contribution in [2.45, 2.75) is 50.1 Å². The molecule has 0 saturated heterocycles. The third-order valence-corrected chi connectivity index (χ3v) is 7.03. The molecule has 3 heterocycles. The second kappa shape index (κ2) is 8.31. The molecule has 178 valence electrons. The highest BCUT2D eigenvalue weighted by atomic mass is 32.1. The highest BCUT2D eigenvalue weighted by Gasteiger charge is 2.56. The molecule has 3 aromatic rings. The summed E-state index contributed by atoms with van der Waals surface area (Å²) in [7, 11) is 0. The van der Waals surface area contributed by atoms with Gasteiger partial charge in [-0.1, -0.05) is 0 Å². The number of nitrogens with one attached hydrogen (secondary N) is 2. The molecule has 1 aliphatic carbocycles. The van der Waals surface area contributed by atoms with Gasteiger partial charge >= 0.3 is 6.18 Å². The number of rotatable bonds is 6. The molecule has 1 aliphatic rings. The minimum Gasteiger partial charge on any atom is -0.393 e. The molecule has 5 N–H and O–H groups in total. The number of thiazole rings is 1. The number of aryl methyl sites for hydroxylation is 1. The fourth-order valence-electron chi connectivity index (χ4n) is 3.94. The summed E-state index contributed by atoms with van der Waals surface area (Å²) in [5, 5.41) is 36.9. The number of fused-ring (bicyclic) bond motifs is 1. The van der Waals surface area contributed by atoms with E-state index in [1.165, 1.54) is 18.3 Å². The molecule has 3 aromatic heterocycles. The molecule has 0 spiro atoms. The normalized spacial score (nSPS) is 25.5. The van der Waals surface area contributed by atoms with Crippen LogP contribution in [0.5, 0.6) is 0 Å². The zero-order chi connectivity index (χ0) is 24.0. The van der Waals surface area contributed by atoms with Crippen LogP contribution in [-0.4, -0.2) is 71.8 Å². The lowest BCUT2D eigenvalue weighted by atomic mass is 9.86. The first-order chi connectivity index (χ1) is 15.4. The standard InChI is InChI=1S/C20H23F3N6O3S/c1-10-14(16-27-11-7-24-6-4-12(11)33-16)15(29-17(26-10)25-8-20(21,22)23)28-13-3-5-19(32,9-30)18(13,2)31/h4,6-7,13,30-32H,3,5,8-9H2,1-2H3,(H2,25,26,28,29). The van der Waals surface area contributed by atoms with E-state index in [-0.39, 0.29) is 18.2 Å². The second-order valence-electron chi connectivity index (χ2n) is 8.26. The van der Waals surface area contributed by atoms with Crippen molar-refractivity contribution in [2.75, 3.05) is 23.8 Å². The van der Waals surface area contributed by atoms with E-state index < -0.39 is 36.6 Å². The van der Waals surface area contributed by atoms with E-state index in [0.29, 0.717) is 28.2 Å². The number of nitrogens with zero attached hydrogens (tertiary/aromatic N) is 4. The monoisotopic (exact) mass is 484 g/mol. The minimum atomic E-state index is -4.46. The van der Waals surface area contributed by atoms with E-state index in [2.05, 4.69) is 30.6 Å². The summed E-state index contributed by atoms with van der Waals surface area (Å²) in [6, 6.07) is 1.05. The van der Waals surface area contributed by atoms with E-state index in [4.69, 9.17) is 0 Å². The topological polar surface area (TPSA) is 136 Å². The largest absolute Gasteiger partial charge is 0.405 e. The average Bonchev–Trinajstić information content (AvgIpc) is 3.26. The predicted molar refractivity (Wildman–Crippen MR) is 117 cm³/mol. The Kier molecular flexibility index (Phi) is 5.93. The van der Waals surface area contributed by atoms with Crippen LogP contribution in [0.2, 0.25) is 0 Å². The maximum atomic E-state index is 12.7. The third-order valence-electron chi connectivity index (χ3n) is 5.98. The van der Waals surface area contributed by atoms with E-state index >= 15 is 0 Å². The summed E-state index contributed by atoms with van der Waals surface area (Å²) in [5.41, 5.74) is -1.98. The highest BCUT2D eigenvalue weighted by molar-refractivity contribution is 7.21. The fourth-order valence-corrected chi connectivity index (χ4v) is 4.97. The first-order valence-electron chi connectivity index (χ1n) is 10.2. The molecule has 13 heteroatoms. The quantitative estimate of drug-likeness (QED) is 0.357. The molecular formula is C20H23F3N6O3S. The van der Waals surface area contributed by atoms with Crippen molar-refractivity contribution in [2.24, 2.45) is 0 Å². The highest BCUT2D eigenvalue weighted by Crippen LogP contribution is 2.42. The maximum absolute atomic E-state index is 12.7. The van der Waals surface area contributed by atoms with Gasteiger partial charge < -0.3 is 26.0 Å². The van der Waals surface area contributed by atoms with Crippen LogP contribution in [0.3, 0.4) is 0 Å². The number of aliphatic hydroxyl groups excluding tert-OH is 1. The Balaban J connectivity index is 1.77. The van der Waals surface area contributed by atoms with Crippen LogP contribution in [0.4, 0.5) is 24.9 Å². The summed E-state index contributed by atoms with van der Waals surface area (Å²) >= 11 is 1.34. The Bertz CT molecular complexity index is 1140. The van der Waals surface area contributed by atoms with Gasteiger partial charge in [0.15, 0.2) is 0 Å². The number of anilines is 2. The number of aromatic nitrogens is 4. The first-order valence-corrected chi connectivity index (χ1v) is 11.0. The summed E-state index contributed by atoms with van der Waals surface area (Å²) in [6.45, 7) is 1.07. The van der Waals surface area contributed by atoms with Gasteiger partial charge in [0.05, 0.1) is 34.8 Å². The van der Waals surface area contributed by atoms with Gasteiger partial charge in [-0.3, -0.25) is 4.98 Å². The van der Waals surface area contributed by atoms with Crippen LogP contribution >= 0.6 is 11.3 Å². The lowest BCUT2D eigenvalue weighted by Gasteiger charge is -2.37. The van der Waals surface area contributed by atoms with Gasteiger partial charge in [-0.15, -0.1) is 11.3 Å². The van der Waals surface area contributed by atoms with Crippen LogP contribution in [0.25, 0.3) is 20.8 Å². The van der Waals surface area contributed by atoms with Gasteiger partial charge in [0.25, 0.3) is 0 Å². The molecule has 0 aromatic carbocycles. The van der Waals surface area contributed by atoms with Crippen LogP contribution in [-0.2, 0) is 0 Å². The van der Waals surface area contributed by atoms with Gasteiger partial charge in [-0.2, -0.15) is 18.2 Å². The summed E-state index contributed by atoms with van der Waals surface area (Å²) in [4.78, 5) is 17.0. The first kappa shape index (κ1) is 23.5. The van der Waals surface area contributed by atoms with Gasteiger partial charge in [0.1, 0.15) is 34.1 Å². The SMILES string of the molecule is Cc1nc(NCC(F)(F)F)nc(NC2CCC(O)(CO)C2(C)O)c1-c1nc2cnccc2s1. The van der Waals surface area contributed by atoms with E-state index in [9.17, 15) is 28.5 Å². The van der Waals surface area contributed by atoms with E-state index in [1.807, 2.05) is 0 Å². The van der Waals surface area contributed by atoms with Crippen molar-refractivity contribution in [1.82, 2.24) is 19.9 Å². The van der Waals surface area contributed by atoms with Crippen LogP contribution in [0, 0.1) is 6.92 Å². The third kappa shape index (κ3) is 4.45. The second-order valence-corrected chi connectivity index (χ2v) is 9.29. The molecule has 0 bridgehead atoms. The number of pyridine rings is 1. The van der Waals surface area contributed by atoms with Gasteiger partial charge in [-0.25, -0.2) is 9.97 Å². The molecule has 1 fully saturated rings. The molecule has 1 saturated carbocycles. The molecule has 4 rings (SSSR count). The Morgan fingerprint density at radius 3 is 2.64 bits per heavy atom. The average molecular weight is 485 g/mol. The van der Waals surface area contributed by atoms with Gasteiger partial charge in [0.2, 0.25) is 5.95 Å². The van der Waals surface area contributed by atoms with Crippen LogP contribution in [0.1, 0.15) is 25.5 Å². The number of halogens is 3. The Labute approximate surface area is 190 Å². The van der Waals surface area contributed by atoms with Crippen molar-refractivity contribution in [1.29, 1.82) is 0 Å². The number of hydrogen-bond acceptors (Lipinski definition) is 10. The molecule has 3 atom stereocenters.